The van der Waals surface area contributed by atoms with Gasteiger partial charge in [0, 0.05) is 13.0 Å². The third-order valence-electron chi connectivity index (χ3n) is 4.66. The summed E-state index contributed by atoms with van der Waals surface area (Å²) < 4.78 is 0. The van der Waals surface area contributed by atoms with Crippen LogP contribution in [0.25, 0.3) is 0 Å². The number of aliphatic hydroxyl groups is 1. The molecule has 0 aliphatic carbocycles. The number of hydrogen-bond donors (Lipinski definition) is 7. The Hall–Kier alpha value is -3.26. The lowest BCUT2D eigenvalue weighted by Gasteiger charge is -2.28. The van der Waals surface area contributed by atoms with Gasteiger partial charge in [-0.05, 0) is 19.3 Å². The first-order valence-corrected chi connectivity index (χ1v) is 9.48. The lowest BCUT2D eigenvalue weighted by molar-refractivity contribution is -0.150. The zero-order chi connectivity index (χ0) is 23.7. The Morgan fingerprint density at radius 1 is 1.03 bits per heavy atom. The van der Waals surface area contributed by atoms with Crippen molar-refractivity contribution in [1.29, 1.82) is 0 Å². The van der Waals surface area contributed by atoms with Gasteiger partial charge in [0.05, 0.1) is 19.1 Å². The van der Waals surface area contributed by atoms with E-state index in [-0.39, 0.29) is 19.4 Å². The van der Waals surface area contributed by atoms with Gasteiger partial charge in [-0.1, -0.05) is 0 Å². The number of aliphatic carboxylic acids is 2. The second kappa shape index (κ2) is 11.8. The third kappa shape index (κ3) is 7.82. The Balaban J connectivity index is 2.91. The number of hydrogen-bond acceptors (Lipinski definition) is 8. The topological polar surface area (TPSA) is 242 Å². The average Bonchev–Trinajstić information content (AvgIpc) is 3.17. The van der Waals surface area contributed by atoms with Crippen molar-refractivity contribution in [2.75, 3.05) is 13.2 Å². The second-order valence-corrected chi connectivity index (χ2v) is 7.04. The normalized spacial score (nSPS) is 18.5. The first-order chi connectivity index (χ1) is 14.5. The molecule has 0 bridgehead atoms. The summed E-state index contributed by atoms with van der Waals surface area (Å²) in [5, 5.41) is 32.0. The quantitative estimate of drug-likeness (QED) is 0.154. The number of rotatable bonds is 12. The molecule has 1 aliphatic rings. The third-order valence-corrected chi connectivity index (χ3v) is 4.66. The smallest absolute Gasteiger partial charge is 0.326 e. The van der Waals surface area contributed by atoms with E-state index in [1.165, 1.54) is 0 Å². The minimum atomic E-state index is -1.56. The van der Waals surface area contributed by atoms with Gasteiger partial charge in [0.25, 0.3) is 0 Å². The highest BCUT2D eigenvalue weighted by molar-refractivity contribution is 5.95. The van der Waals surface area contributed by atoms with E-state index in [4.69, 9.17) is 16.6 Å². The molecule has 9 N–H and O–H groups in total. The second-order valence-electron chi connectivity index (χ2n) is 7.04. The largest absolute Gasteiger partial charge is 0.481 e. The molecular formula is C17H27N5O9. The van der Waals surface area contributed by atoms with E-state index >= 15 is 0 Å². The van der Waals surface area contributed by atoms with Gasteiger partial charge < -0.3 is 42.3 Å². The molecule has 14 nitrogen and oxygen atoms in total. The first kappa shape index (κ1) is 25.8. The van der Waals surface area contributed by atoms with Crippen molar-refractivity contribution in [3.05, 3.63) is 0 Å². The van der Waals surface area contributed by atoms with E-state index in [1.54, 1.807) is 0 Å². The molecule has 1 aliphatic heterocycles. The Bertz CT molecular complexity index is 729. The van der Waals surface area contributed by atoms with Crippen molar-refractivity contribution in [2.24, 2.45) is 11.5 Å². The highest BCUT2D eigenvalue weighted by atomic mass is 16.4. The molecular weight excluding hydrogens is 418 g/mol. The van der Waals surface area contributed by atoms with Crippen LogP contribution in [0.1, 0.15) is 32.1 Å². The number of nitrogens with zero attached hydrogens (tertiary/aromatic N) is 1. The fourth-order valence-corrected chi connectivity index (χ4v) is 3.07. The summed E-state index contributed by atoms with van der Waals surface area (Å²) in [7, 11) is 0. The molecule has 0 aromatic heterocycles. The van der Waals surface area contributed by atoms with E-state index < -0.39 is 79.2 Å². The molecule has 1 saturated heterocycles. The number of nitrogens with one attached hydrogen (secondary N) is 2. The number of carboxylic acids is 2. The maximum Gasteiger partial charge on any atom is 0.326 e. The average molecular weight is 445 g/mol. The number of likely N-dealkylation sites (tertiary alicyclic amines) is 1. The Labute approximate surface area is 176 Å². The van der Waals surface area contributed by atoms with Gasteiger partial charge in [0.1, 0.15) is 18.1 Å². The maximum absolute atomic E-state index is 12.8. The summed E-state index contributed by atoms with van der Waals surface area (Å²) >= 11 is 0. The monoisotopic (exact) mass is 445 g/mol. The fraction of sp³-hybridized carbons (Fsp3) is 0.647. The first-order valence-electron chi connectivity index (χ1n) is 9.48. The van der Waals surface area contributed by atoms with Crippen LogP contribution in [0, 0.1) is 0 Å². The van der Waals surface area contributed by atoms with Crippen LogP contribution in [-0.4, -0.2) is 93.1 Å². The summed E-state index contributed by atoms with van der Waals surface area (Å²) in [6, 6.07) is -5.42. The number of primary amides is 1. The molecule has 1 fully saturated rings. The van der Waals surface area contributed by atoms with Gasteiger partial charge in [-0.15, -0.1) is 0 Å². The molecule has 174 valence electrons. The molecule has 1 rings (SSSR count). The lowest BCUT2D eigenvalue weighted by Crippen LogP contribution is -2.58. The molecule has 0 radical (unpaired) electrons. The van der Waals surface area contributed by atoms with Crippen molar-refractivity contribution < 1.29 is 44.1 Å². The van der Waals surface area contributed by atoms with Gasteiger partial charge in [-0.2, -0.15) is 0 Å². The number of carbonyl (C=O) groups is 6. The molecule has 14 heteroatoms. The van der Waals surface area contributed by atoms with Crippen molar-refractivity contribution in [3.8, 4) is 0 Å². The van der Waals surface area contributed by atoms with E-state index in [1.807, 2.05) is 0 Å². The highest BCUT2D eigenvalue weighted by Crippen LogP contribution is 2.19. The highest BCUT2D eigenvalue weighted by Gasteiger charge is 2.38. The van der Waals surface area contributed by atoms with Gasteiger partial charge in [0.2, 0.25) is 23.6 Å². The molecule has 4 amide bonds. The Morgan fingerprint density at radius 2 is 1.65 bits per heavy atom. The van der Waals surface area contributed by atoms with Crippen LogP contribution in [0.4, 0.5) is 0 Å². The summed E-state index contributed by atoms with van der Waals surface area (Å²) in [6.45, 7) is -0.764. The van der Waals surface area contributed by atoms with E-state index in [2.05, 4.69) is 10.6 Å². The Kier molecular flexibility index (Phi) is 9.82. The molecule has 0 spiro atoms. The SMILES string of the molecule is NC(=O)CC(N)C(=O)NC(CO)C(=O)NC(CCC(=O)O)C(=O)N1CCCC1C(=O)O. The maximum atomic E-state index is 12.8. The standard InChI is InChI=1S/C17H27N5O9/c18-8(6-12(19)24)14(27)21-10(7-23)15(28)20-9(3-4-13(25)26)16(29)22-5-1-2-11(22)17(30)31/h8-11,23H,1-7,18H2,(H2,19,24)(H,20,28)(H,21,27)(H,25,26)(H,30,31). The number of carbonyl (C=O) groups excluding carboxylic acids is 4. The summed E-state index contributed by atoms with van der Waals surface area (Å²) in [5.74, 6) is -6.08. The number of aliphatic hydroxyl groups excluding tert-OH is 1. The van der Waals surface area contributed by atoms with Crippen LogP contribution < -0.4 is 22.1 Å². The van der Waals surface area contributed by atoms with Crippen LogP contribution in [-0.2, 0) is 28.8 Å². The minimum Gasteiger partial charge on any atom is -0.481 e. The Morgan fingerprint density at radius 3 is 2.16 bits per heavy atom. The molecule has 31 heavy (non-hydrogen) atoms. The van der Waals surface area contributed by atoms with Crippen molar-refractivity contribution in [2.45, 2.75) is 56.3 Å². The zero-order valence-electron chi connectivity index (χ0n) is 16.7. The lowest BCUT2D eigenvalue weighted by atomic mass is 10.1. The predicted octanol–water partition coefficient (Wildman–Crippen LogP) is -3.91. The van der Waals surface area contributed by atoms with Crippen molar-refractivity contribution in [3.63, 3.8) is 0 Å². The predicted molar refractivity (Wildman–Crippen MR) is 102 cm³/mol. The summed E-state index contributed by atoms with van der Waals surface area (Å²) in [5.41, 5.74) is 10.4. The van der Waals surface area contributed by atoms with Crippen molar-refractivity contribution >= 4 is 35.6 Å². The molecule has 4 atom stereocenters. The van der Waals surface area contributed by atoms with E-state index in [0.717, 1.165) is 4.90 Å². The summed E-state index contributed by atoms with van der Waals surface area (Å²) in [4.78, 5) is 71.4. The number of carboxylic acid groups (broad SMARTS) is 2. The number of nitrogens with two attached hydrogens (primary N) is 2. The van der Waals surface area contributed by atoms with Crippen LogP contribution in [0.15, 0.2) is 0 Å². The fourth-order valence-electron chi connectivity index (χ4n) is 3.07. The van der Waals surface area contributed by atoms with Crippen molar-refractivity contribution in [1.82, 2.24) is 15.5 Å². The van der Waals surface area contributed by atoms with Crippen LogP contribution in [0.3, 0.4) is 0 Å². The molecule has 0 saturated carbocycles. The number of amides is 4. The van der Waals surface area contributed by atoms with Crippen LogP contribution in [0.2, 0.25) is 0 Å². The van der Waals surface area contributed by atoms with Crippen LogP contribution >= 0.6 is 0 Å². The van der Waals surface area contributed by atoms with E-state index in [9.17, 15) is 39.0 Å². The summed E-state index contributed by atoms with van der Waals surface area (Å²) in [6.07, 6.45) is -0.697. The minimum absolute atomic E-state index is 0.122. The zero-order valence-corrected chi connectivity index (χ0v) is 16.7. The van der Waals surface area contributed by atoms with Gasteiger partial charge in [-0.3, -0.25) is 24.0 Å². The molecule has 0 aromatic rings. The van der Waals surface area contributed by atoms with E-state index in [0.29, 0.717) is 6.42 Å². The molecule has 0 aromatic carbocycles. The molecule has 1 heterocycles. The van der Waals surface area contributed by atoms with Crippen LogP contribution in [0.5, 0.6) is 0 Å². The van der Waals surface area contributed by atoms with Gasteiger partial charge in [-0.25, -0.2) is 4.79 Å². The van der Waals surface area contributed by atoms with Gasteiger partial charge >= 0.3 is 11.9 Å². The molecule has 4 unspecified atom stereocenters. The van der Waals surface area contributed by atoms with Gasteiger partial charge in [0.15, 0.2) is 0 Å².